The number of fused-ring (bicyclic) bond motifs is 1. The molecule has 0 radical (unpaired) electrons. The minimum absolute atomic E-state index is 0.0677. The number of aromatic hydroxyl groups is 1. The molecule has 0 bridgehead atoms. The summed E-state index contributed by atoms with van der Waals surface area (Å²) >= 11 is 0. The number of aryl methyl sites for hydroxylation is 1. The van der Waals surface area contributed by atoms with Crippen LogP contribution in [0.5, 0.6) is 5.75 Å². The van der Waals surface area contributed by atoms with Crippen molar-refractivity contribution in [3.63, 3.8) is 0 Å². The van der Waals surface area contributed by atoms with Gasteiger partial charge in [0.2, 0.25) is 0 Å². The van der Waals surface area contributed by atoms with Gasteiger partial charge in [0.15, 0.2) is 0 Å². The molecule has 4 nitrogen and oxygen atoms in total. The molecular formula is C10H9NO3. The number of nitrogens with one attached hydrogen (secondary N) is 1. The van der Waals surface area contributed by atoms with Crippen LogP contribution in [0.25, 0.3) is 10.9 Å². The van der Waals surface area contributed by atoms with Crippen LogP contribution >= 0.6 is 0 Å². The minimum Gasteiger partial charge on any atom is -0.506 e. The van der Waals surface area contributed by atoms with Gasteiger partial charge in [0.1, 0.15) is 11.4 Å². The third kappa shape index (κ3) is 1.04. The molecule has 14 heavy (non-hydrogen) atoms. The lowest BCUT2D eigenvalue weighted by molar-refractivity contribution is 0.0691. The molecule has 72 valence electrons. The fraction of sp³-hybridized carbons (Fsp3) is 0.100. The lowest BCUT2D eigenvalue weighted by Crippen LogP contribution is -1.97. The average molecular weight is 191 g/mol. The Morgan fingerprint density at radius 3 is 2.71 bits per heavy atom. The van der Waals surface area contributed by atoms with Crippen molar-refractivity contribution < 1.29 is 15.0 Å². The summed E-state index contributed by atoms with van der Waals surface area (Å²) in [5, 5.41) is 19.0. The molecule has 1 aromatic carbocycles. The second-order valence-corrected chi connectivity index (χ2v) is 3.13. The number of hydrogen-bond donors (Lipinski definition) is 3. The highest BCUT2D eigenvalue weighted by molar-refractivity contribution is 5.99. The highest BCUT2D eigenvalue weighted by atomic mass is 16.4. The molecule has 0 aliphatic carbocycles. The van der Waals surface area contributed by atoms with Crippen molar-refractivity contribution in [2.24, 2.45) is 0 Å². The molecular weight excluding hydrogens is 182 g/mol. The van der Waals surface area contributed by atoms with Gasteiger partial charge in [-0.2, -0.15) is 0 Å². The zero-order chi connectivity index (χ0) is 10.3. The van der Waals surface area contributed by atoms with Crippen LogP contribution in [-0.4, -0.2) is 21.2 Å². The van der Waals surface area contributed by atoms with Gasteiger partial charge < -0.3 is 15.2 Å². The first-order valence-corrected chi connectivity index (χ1v) is 4.15. The summed E-state index contributed by atoms with van der Waals surface area (Å²) in [5.74, 6) is -0.948. The van der Waals surface area contributed by atoms with Crippen LogP contribution in [-0.2, 0) is 0 Å². The number of carbonyl (C=O) groups is 1. The summed E-state index contributed by atoms with van der Waals surface area (Å²) < 4.78 is 0. The van der Waals surface area contributed by atoms with Gasteiger partial charge in [0.25, 0.3) is 0 Å². The highest BCUT2D eigenvalue weighted by Crippen LogP contribution is 2.28. The molecule has 3 N–H and O–H groups in total. The molecule has 1 heterocycles. The first-order chi connectivity index (χ1) is 6.61. The molecule has 0 atom stereocenters. The van der Waals surface area contributed by atoms with Crippen molar-refractivity contribution in [3.8, 4) is 5.75 Å². The number of H-pyrrole nitrogens is 1. The maximum atomic E-state index is 10.8. The molecule has 0 fully saturated rings. The van der Waals surface area contributed by atoms with Gasteiger partial charge in [-0.05, 0) is 18.6 Å². The quantitative estimate of drug-likeness (QED) is 0.644. The predicted octanol–water partition coefficient (Wildman–Crippen LogP) is 1.88. The van der Waals surface area contributed by atoms with Gasteiger partial charge in [-0.3, -0.25) is 0 Å². The largest absolute Gasteiger partial charge is 0.506 e. The van der Waals surface area contributed by atoms with Crippen LogP contribution in [0.3, 0.4) is 0 Å². The van der Waals surface area contributed by atoms with Crippen LogP contribution in [0, 0.1) is 6.92 Å². The van der Waals surface area contributed by atoms with E-state index in [9.17, 15) is 9.90 Å². The Bertz CT molecular complexity index is 513. The molecule has 0 saturated heterocycles. The standard InChI is InChI=1S/C10H9NO3/c1-5-6-3-2-4-7(12)9(6)11-8(5)10(13)14/h2-4,11-12H,1H3,(H,13,14). The lowest BCUT2D eigenvalue weighted by atomic mass is 10.1. The van der Waals surface area contributed by atoms with Crippen LogP contribution in [0.1, 0.15) is 16.1 Å². The first-order valence-electron chi connectivity index (χ1n) is 4.15. The van der Waals surface area contributed by atoms with E-state index in [0.29, 0.717) is 11.1 Å². The Balaban J connectivity index is 2.86. The third-order valence-electron chi connectivity index (χ3n) is 2.29. The summed E-state index contributed by atoms with van der Waals surface area (Å²) in [6.07, 6.45) is 0. The van der Waals surface area contributed by atoms with E-state index in [1.165, 1.54) is 6.07 Å². The summed E-state index contributed by atoms with van der Waals surface area (Å²) in [6, 6.07) is 4.97. The van der Waals surface area contributed by atoms with Gasteiger partial charge >= 0.3 is 5.97 Å². The predicted molar refractivity (Wildman–Crippen MR) is 51.7 cm³/mol. The lowest BCUT2D eigenvalue weighted by Gasteiger charge is -1.93. The Labute approximate surface area is 79.8 Å². The summed E-state index contributed by atoms with van der Waals surface area (Å²) in [7, 11) is 0. The number of phenolic OH excluding ortho intramolecular Hbond substituents is 1. The van der Waals surface area contributed by atoms with Crippen LogP contribution < -0.4 is 0 Å². The van der Waals surface area contributed by atoms with E-state index < -0.39 is 5.97 Å². The molecule has 2 aromatic rings. The first kappa shape index (κ1) is 8.62. The molecule has 0 aliphatic heterocycles. The summed E-state index contributed by atoms with van der Waals surface area (Å²) in [4.78, 5) is 13.5. The normalized spacial score (nSPS) is 10.6. The molecule has 4 heteroatoms. The van der Waals surface area contributed by atoms with Crippen LogP contribution in [0.4, 0.5) is 0 Å². The van der Waals surface area contributed by atoms with E-state index >= 15 is 0 Å². The fourth-order valence-electron chi connectivity index (χ4n) is 1.55. The van der Waals surface area contributed by atoms with Crippen molar-refractivity contribution in [2.45, 2.75) is 6.92 Å². The van der Waals surface area contributed by atoms with E-state index in [-0.39, 0.29) is 11.4 Å². The Morgan fingerprint density at radius 1 is 1.43 bits per heavy atom. The van der Waals surface area contributed by atoms with Crippen LogP contribution in [0.15, 0.2) is 18.2 Å². The number of phenols is 1. The van der Waals surface area contributed by atoms with Gasteiger partial charge in [-0.15, -0.1) is 0 Å². The SMILES string of the molecule is Cc1c(C(=O)O)[nH]c2c(O)cccc12. The smallest absolute Gasteiger partial charge is 0.352 e. The number of aromatic carboxylic acids is 1. The van der Waals surface area contributed by atoms with Crippen molar-refractivity contribution in [3.05, 3.63) is 29.5 Å². The van der Waals surface area contributed by atoms with Gasteiger partial charge in [0, 0.05) is 5.39 Å². The molecule has 0 amide bonds. The van der Waals surface area contributed by atoms with Crippen molar-refractivity contribution in [1.82, 2.24) is 4.98 Å². The molecule has 0 saturated carbocycles. The number of aromatic nitrogens is 1. The zero-order valence-corrected chi connectivity index (χ0v) is 7.53. The molecule has 2 rings (SSSR count). The van der Waals surface area contributed by atoms with Gasteiger partial charge in [0.05, 0.1) is 5.52 Å². The summed E-state index contributed by atoms with van der Waals surface area (Å²) in [6.45, 7) is 1.71. The molecule has 0 spiro atoms. The van der Waals surface area contributed by atoms with E-state index in [4.69, 9.17) is 5.11 Å². The van der Waals surface area contributed by atoms with Crippen molar-refractivity contribution >= 4 is 16.9 Å². The maximum Gasteiger partial charge on any atom is 0.352 e. The fourth-order valence-corrected chi connectivity index (χ4v) is 1.55. The number of aromatic amines is 1. The number of hydrogen-bond acceptors (Lipinski definition) is 2. The van der Waals surface area contributed by atoms with Crippen molar-refractivity contribution in [1.29, 1.82) is 0 Å². The van der Waals surface area contributed by atoms with Gasteiger partial charge in [-0.25, -0.2) is 4.79 Å². The number of rotatable bonds is 1. The molecule has 1 aromatic heterocycles. The highest BCUT2D eigenvalue weighted by Gasteiger charge is 2.14. The Kier molecular flexibility index (Phi) is 1.70. The molecule has 0 aliphatic rings. The van der Waals surface area contributed by atoms with E-state index in [1.54, 1.807) is 19.1 Å². The molecule has 0 unspecified atom stereocenters. The minimum atomic E-state index is -1.02. The second-order valence-electron chi connectivity index (χ2n) is 3.13. The van der Waals surface area contributed by atoms with Gasteiger partial charge in [-0.1, -0.05) is 12.1 Å². The summed E-state index contributed by atoms with van der Waals surface area (Å²) in [5.41, 5.74) is 1.24. The number of carboxylic acid groups (broad SMARTS) is 1. The average Bonchev–Trinajstić information content (AvgIpc) is 2.46. The Hall–Kier alpha value is -1.97. The Morgan fingerprint density at radius 2 is 2.14 bits per heavy atom. The van der Waals surface area contributed by atoms with Crippen molar-refractivity contribution in [2.75, 3.05) is 0 Å². The van der Waals surface area contributed by atoms with E-state index in [0.717, 1.165) is 5.39 Å². The zero-order valence-electron chi connectivity index (χ0n) is 7.53. The monoisotopic (exact) mass is 191 g/mol. The topological polar surface area (TPSA) is 73.3 Å². The third-order valence-corrected chi connectivity index (χ3v) is 2.29. The number of carboxylic acids is 1. The van der Waals surface area contributed by atoms with E-state index in [1.807, 2.05) is 0 Å². The second kappa shape index (κ2) is 2.77. The number of para-hydroxylation sites is 1. The van der Waals surface area contributed by atoms with E-state index in [2.05, 4.69) is 4.98 Å². The number of benzene rings is 1. The van der Waals surface area contributed by atoms with Crippen LogP contribution in [0.2, 0.25) is 0 Å². The maximum absolute atomic E-state index is 10.8.